The zero-order chi connectivity index (χ0) is 19.1. The van der Waals surface area contributed by atoms with Gasteiger partial charge in [-0.15, -0.1) is 0 Å². The lowest BCUT2D eigenvalue weighted by atomic mass is 10.1. The molecule has 0 bridgehead atoms. The smallest absolute Gasteiger partial charge is 0.277 e. The molecule has 0 saturated heterocycles. The van der Waals surface area contributed by atoms with Crippen LogP contribution in [0.4, 0.5) is 0 Å². The molecule has 1 N–H and O–H groups in total. The van der Waals surface area contributed by atoms with Crippen LogP contribution in [-0.4, -0.2) is 18.2 Å². The summed E-state index contributed by atoms with van der Waals surface area (Å²) in [6.07, 6.45) is 0. The molecule has 3 aromatic rings. The first-order valence-electron chi connectivity index (χ1n) is 8.50. The number of rotatable bonds is 6. The van der Waals surface area contributed by atoms with Gasteiger partial charge in [0.2, 0.25) is 0 Å². The standard InChI is InChI=1S/C22H19BrN2O2/c1-16(17-11-13-19(23)14-12-17)24-25-22(26)15-27-21-10-6-5-9-20(21)18-7-3-2-4-8-18/h2-14H,15H2,1H3,(H,25,26)/b24-16+. The van der Waals surface area contributed by atoms with E-state index in [4.69, 9.17) is 4.74 Å². The van der Waals surface area contributed by atoms with Crippen molar-refractivity contribution in [2.75, 3.05) is 6.61 Å². The van der Waals surface area contributed by atoms with Gasteiger partial charge in [-0.05, 0) is 36.2 Å². The van der Waals surface area contributed by atoms with E-state index in [9.17, 15) is 4.79 Å². The van der Waals surface area contributed by atoms with Crippen molar-refractivity contribution in [1.82, 2.24) is 5.43 Å². The van der Waals surface area contributed by atoms with Crippen molar-refractivity contribution in [1.29, 1.82) is 0 Å². The lowest BCUT2D eigenvalue weighted by Crippen LogP contribution is -2.25. The number of carbonyl (C=O) groups is 1. The Hall–Kier alpha value is -2.92. The monoisotopic (exact) mass is 422 g/mol. The van der Waals surface area contributed by atoms with Gasteiger partial charge in [0.05, 0.1) is 5.71 Å². The summed E-state index contributed by atoms with van der Waals surface area (Å²) in [5.74, 6) is 0.349. The highest BCUT2D eigenvalue weighted by Crippen LogP contribution is 2.29. The van der Waals surface area contributed by atoms with Crippen LogP contribution in [0, 0.1) is 0 Å². The van der Waals surface area contributed by atoms with Gasteiger partial charge in [-0.25, -0.2) is 5.43 Å². The second-order valence-corrected chi connectivity index (χ2v) is 6.81. The summed E-state index contributed by atoms with van der Waals surface area (Å²) in [5.41, 5.74) is 6.18. The highest BCUT2D eigenvalue weighted by molar-refractivity contribution is 9.10. The van der Waals surface area contributed by atoms with E-state index >= 15 is 0 Å². The Morgan fingerprint density at radius 1 is 0.963 bits per heavy atom. The summed E-state index contributed by atoms with van der Waals surface area (Å²) in [5, 5.41) is 4.14. The molecule has 3 rings (SSSR count). The summed E-state index contributed by atoms with van der Waals surface area (Å²) < 4.78 is 6.71. The number of hydrogen-bond acceptors (Lipinski definition) is 3. The van der Waals surface area contributed by atoms with Crippen molar-refractivity contribution in [2.24, 2.45) is 5.10 Å². The van der Waals surface area contributed by atoms with Crippen LogP contribution in [0.1, 0.15) is 12.5 Å². The topological polar surface area (TPSA) is 50.7 Å². The molecule has 136 valence electrons. The Morgan fingerprint density at radius 3 is 2.37 bits per heavy atom. The fourth-order valence-corrected chi connectivity index (χ4v) is 2.79. The number of nitrogens with one attached hydrogen (secondary N) is 1. The number of benzene rings is 3. The molecule has 1 amide bonds. The molecule has 0 aliphatic rings. The molecule has 0 unspecified atom stereocenters. The Kier molecular flexibility index (Phi) is 6.39. The lowest BCUT2D eigenvalue weighted by Gasteiger charge is -2.11. The minimum atomic E-state index is -0.311. The average Bonchev–Trinajstić information content (AvgIpc) is 2.72. The molecule has 4 nitrogen and oxygen atoms in total. The zero-order valence-corrected chi connectivity index (χ0v) is 16.4. The van der Waals surface area contributed by atoms with Crippen LogP contribution in [0.2, 0.25) is 0 Å². The van der Waals surface area contributed by atoms with Gasteiger partial charge < -0.3 is 4.74 Å². The van der Waals surface area contributed by atoms with Crippen LogP contribution in [0.5, 0.6) is 5.75 Å². The van der Waals surface area contributed by atoms with Crippen molar-refractivity contribution in [3.05, 3.63) is 88.9 Å². The number of ether oxygens (including phenoxy) is 1. The second-order valence-electron chi connectivity index (χ2n) is 5.89. The number of hydrazone groups is 1. The summed E-state index contributed by atoms with van der Waals surface area (Å²) in [7, 11) is 0. The predicted octanol–water partition coefficient (Wildman–Crippen LogP) is 5.04. The zero-order valence-electron chi connectivity index (χ0n) is 14.9. The first-order chi connectivity index (χ1) is 13.1. The second kappa shape index (κ2) is 9.14. The molecule has 0 spiro atoms. The third-order valence-electron chi connectivity index (χ3n) is 3.94. The van der Waals surface area contributed by atoms with Crippen LogP contribution in [0.25, 0.3) is 11.1 Å². The quantitative estimate of drug-likeness (QED) is 0.446. The molecule has 0 aromatic heterocycles. The molecule has 27 heavy (non-hydrogen) atoms. The fourth-order valence-electron chi connectivity index (χ4n) is 2.53. The molecule has 0 heterocycles. The maximum atomic E-state index is 12.1. The Morgan fingerprint density at radius 2 is 1.63 bits per heavy atom. The number of carbonyl (C=O) groups excluding carboxylic acids is 1. The van der Waals surface area contributed by atoms with E-state index in [-0.39, 0.29) is 12.5 Å². The van der Waals surface area contributed by atoms with E-state index in [0.717, 1.165) is 26.9 Å². The normalized spacial score (nSPS) is 11.1. The van der Waals surface area contributed by atoms with Crippen LogP contribution >= 0.6 is 15.9 Å². The van der Waals surface area contributed by atoms with Gasteiger partial charge in [-0.2, -0.15) is 5.10 Å². The van der Waals surface area contributed by atoms with Gasteiger partial charge in [0, 0.05) is 10.0 Å². The van der Waals surface area contributed by atoms with Crippen LogP contribution in [0.3, 0.4) is 0 Å². The Bertz CT molecular complexity index is 938. The third kappa shape index (κ3) is 5.28. The van der Waals surface area contributed by atoms with Gasteiger partial charge in [0.25, 0.3) is 5.91 Å². The van der Waals surface area contributed by atoms with Crippen LogP contribution in [0.15, 0.2) is 88.4 Å². The van der Waals surface area contributed by atoms with Crippen LogP contribution < -0.4 is 10.2 Å². The van der Waals surface area contributed by atoms with E-state index in [2.05, 4.69) is 26.5 Å². The average molecular weight is 423 g/mol. The predicted molar refractivity (Wildman–Crippen MR) is 112 cm³/mol. The van der Waals surface area contributed by atoms with Crippen molar-refractivity contribution in [3.63, 3.8) is 0 Å². The molecule has 0 radical (unpaired) electrons. The Labute approximate surface area is 167 Å². The molecule has 0 aliphatic heterocycles. The van der Waals surface area contributed by atoms with Gasteiger partial charge in [-0.3, -0.25) is 4.79 Å². The van der Waals surface area contributed by atoms with E-state index in [1.807, 2.05) is 85.8 Å². The molecular formula is C22H19BrN2O2. The SMILES string of the molecule is C/C(=N\NC(=O)COc1ccccc1-c1ccccc1)c1ccc(Br)cc1. The molecular weight excluding hydrogens is 404 g/mol. The number of halogens is 1. The van der Waals surface area contributed by atoms with E-state index < -0.39 is 0 Å². The van der Waals surface area contributed by atoms with Crippen molar-refractivity contribution >= 4 is 27.5 Å². The summed E-state index contributed by atoms with van der Waals surface area (Å²) in [6, 6.07) is 25.3. The molecule has 0 fully saturated rings. The summed E-state index contributed by atoms with van der Waals surface area (Å²) in [4.78, 5) is 12.1. The highest BCUT2D eigenvalue weighted by atomic mass is 79.9. The summed E-state index contributed by atoms with van der Waals surface area (Å²) in [6.45, 7) is 1.73. The van der Waals surface area contributed by atoms with E-state index in [1.54, 1.807) is 0 Å². The van der Waals surface area contributed by atoms with Gasteiger partial charge in [0.15, 0.2) is 6.61 Å². The highest BCUT2D eigenvalue weighted by Gasteiger charge is 2.08. The van der Waals surface area contributed by atoms with Gasteiger partial charge in [-0.1, -0.05) is 76.6 Å². The summed E-state index contributed by atoms with van der Waals surface area (Å²) >= 11 is 3.40. The molecule has 0 aliphatic carbocycles. The number of nitrogens with zero attached hydrogens (tertiary/aromatic N) is 1. The van der Waals surface area contributed by atoms with Crippen molar-refractivity contribution in [3.8, 4) is 16.9 Å². The van der Waals surface area contributed by atoms with Crippen molar-refractivity contribution in [2.45, 2.75) is 6.92 Å². The Balaban J connectivity index is 1.61. The minimum Gasteiger partial charge on any atom is -0.483 e. The maximum Gasteiger partial charge on any atom is 0.277 e. The van der Waals surface area contributed by atoms with Gasteiger partial charge in [0.1, 0.15) is 5.75 Å². The largest absolute Gasteiger partial charge is 0.483 e. The lowest BCUT2D eigenvalue weighted by molar-refractivity contribution is -0.123. The molecule has 0 atom stereocenters. The van der Waals surface area contributed by atoms with Crippen LogP contribution in [-0.2, 0) is 4.79 Å². The van der Waals surface area contributed by atoms with Crippen molar-refractivity contribution < 1.29 is 9.53 Å². The van der Waals surface area contributed by atoms with Gasteiger partial charge >= 0.3 is 0 Å². The van der Waals surface area contributed by atoms with E-state index in [1.165, 1.54) is 0 Å². The third-order valence-corrected chi connectivity index (χ3v) is 4.47. The molecule has 0 saturated carbocycles. The van der Waals surface area contributed by atoms with E-state index in [0.29, 0.717) is 5.75 Å². The fraction of sp³-hybridized carbons (Fsp3) is 0.0909. The molecule has 5 heteroatoms. The molecule has 3 aromatic carbocycles. The maximum absolute atomic E-state index is 12.1. The first kappa shape index (κ1) is 18.9. The number of amides is 1. The minimum absolute atomic E-state index is 0.110. The first-order valence-corrected chi connectivity index (χ1v) is 9.29. The number of para-hydroxylation sites is 1. The number of hydrogen-bond donors (Lipinski definition) is 1.